The van der Waals surface area contributed by atoms with E-state index in [1.807, 2.05) is 0 Å². The highest BCUT2D eigenvalue weighted by Gasteiger charge is 1.88. The van der Waals surface area contributed by atoms with E-state index >= 15 is 0 Å². The predicted octanol–water partition coefficient (Wildman–Crippen LogP) is -0.595. The van der Waals surface area contributed by atoms with Crippen molar-refractivity contribution in [2.24, 2.45) is 0 Å². The van der Waals surface area contributed by atoms with Crippen LogP contribution in [-0.4, -0.2) is 19.5 Å². The largest absolute Gasteiger partial charge is 0.319 e. The summed E-state index contributed by atoms with van der Waals surface area (Å²) in [4.78, 5) is 9.83. The Bertz CT molecular complexity index is 62.7. The second kappa shape index (κ2) is 3.61. The van der Waals surface area contributed by atoms with E-state index in [0.717, 1.165) is 0 Å². The van der Waals surface area contributed by atoms with Crippen molar-refractivity contribution in [3.8, 4) is 0 Å². The first kappa shape index (κ1) is 6.43. The quantitative estimate of drug-likeness (QED) is 0.516. The molecule has 3 nitrogen and oxygen atoms in total. The van der Waals surface area contributed by atoms with Crippen LogP contribution in [0.5, 0.6) is 0 Å². The molecule has 0 rings (SSSR count). The summed E-state index contributed by atoms with van der Waals surface area (Å²) in [5, 5.41) is 2.76. The lowest BCUT2D eigenvalue weighted by Gasteiger charge is -1.88. The van der Waals surface area contributed by atoms with Crippen molar-refractivity contribution < 1.29 is 4.79 Å². The average Bonchev–Trinajstić information content (AvgIpc) is 1.61. The Kier molecular flexibility index (Phi) is 3.32. The van der Waals surface area contributed by atoms with Crippen LogP contribution in [0.3, 0.4) is 0 Å². The van der Waals surface area contributed by atoms with E-state index in [0.29, 0.717) is 13.0 Å². The minimum Gasteiger partial charge on any atom is -0.319 e. The maximum atomic E-state index is 9.83. The van der Waals surface area contributed by atoms with Gasteiger partial charge in [0, 0.05) is 13.0 Å². The number of carbonyl (C=O) groups is 1. The molecule has 1 amide bonds. The molecule has 0 aliphatic heterocycles. The Balaban J connectivity index is 2.82. The van der Waals surface area contributed by atoms with E-state index in [1.165, 1.54) is 0 Å². The van der Waals surface area contributed by atoms with Crippen molar-refractivity contribution in [2.75, 3.05) is 13.6 Å². The van der Waals surface area contributed by atoms with E-state index in [2.05, 4.69) is 5.32 Å². The third-order valence-electron chi connectivity index (χ3n) is 0.602. The molecule has 3 heteroatoms. The number of rotatable bonds is 3. The van der Waals surface area contributed by atoms with Crippen molar-refractivity contribution in [1.29, 1.82) is 0 Å². The number of hydrogen-bond acceptors (Lipinski definition) is 2. The standard InChI is InChI=1S/C4H9N2O/c1-6-3-2-4(5)7/h5-6H,2-3H2,1H3. The molecule has 0 fully saturated rings. The van der Waals surface area contributed by atoms with Gasteiger partial charge in [0.2, 0.25) is 5.91 Å². The first-order valence-electron chi connectivity index (χ1n) is 2.16. The van der Waals surface area contributed by atoms with Crippen molar-refractivity contribution in [3.05, 3.63) is 0 Å². The van der Waals surface area contributed by atoms with Crippen LogP contribution in [-0.2, 0) is 4.79 Å². The van der Waals surface area contributed by atoms with Crippen molar-refractivity contribution in [3.63, 3.8) is 0 Å². The molecule has 0 saturated carbocycles. The fourth-order valence-electron chi connectivity index (χ4n) is 0.239. The second-order valence-electron chi connectivity index (χ2n) is 1.28. The lowest BCUT2D eigenvalue weighted by Crippen LogP contribution is -2.12. The smallest absolute Gasteiger partial charge is 0.239 e. The number of hydrogen-bond donors (Lipinski definition) is 1. The zero-order chi connectivity index (χ0) is 5.70. The maximum absolute atomic E-state index is 9.83. The lowest BCUT2D eigenvalue weighted by atomic mass is 10.4. The molecule has 0 aliphatic rings. The van der Waals surface area contributed by atoms with Gasteiger partial charge in [0.25, 0.3) is 0 Å². The molecule has 2 N–H and O–H groups in total. The minimum absolute atomic E-state index is 0.316. The molecule has 0 aromatic carbocycles. The monoisotopic (exact) mass is 101 g/mol. The molecule has 0 aromatic rings. The normalized spacial score (nSPS) is 8.71. The topological polar surface area (TPSA) is 52.9 Å². The summed E-state index contributed by atoms with van der Waals surface area (Å²) in [5.74, 6) is -0.505. The molecule has 0 heterocycles. The molecule has 0 atom stereocenters. The zero-order valence-electron chi connectivity index (χ0n) is 4.32. The van der Waals surface area contributed by atoms with Gasteiger partial charge in [-0.2, -0.15) is 0 Å². The lowest BCUT2D eigenvalue weighted by molar-refractivity contribution is -0.118. The van der Waals surface area contributed by atoms with Gasteiger partial charge < -0.3 is 5.32 Å². The second-order valence-corrected chi connectivity index (χ2v) is 1.28. The van der Waals surface area contributed by atoms with Crippen LogP contribution in [0.2, 0.25) is 0 Å². The summed E-state index contributed by atoms with van der Waals surface area (Å²) < 4.78 is 0. The van der Waals surface area contributed by atoms with Crippen LogP contribution in [0.1, 0.15) is 6.42 Å². The van der Waals surface area contributed by atoms with Gasteiger partial charge in [0.15, 0.2) is 0 Å². The minimum atomic E-state index is -0.505. The Labute approximate surface area is 42.9 Å². The zero-order valence-corrected chi connectivity index (χ0v) is 4.32. The van der Waals surface area contributed by atoms with Crippen LogP contribution >= 0.6 is 0 Å². The van der Waals surface area contributed by atoms with Gasteiger partial charge in [-0.25, -0.2) is 0 Å². The summed E-state index contributed by atoms with van der Waals surface area (Å²) in [7, 11) is 1.75. The van der Waals surface area contributed by atoms with Crippen LogP contribution in [0.25, 0.3) is 0 Å². The number of nitrogens with one attached hydrogen (secondary N) is 2. The van der Waals surface area contributed by atoms with Gasteiger partial charge >= 0.3 is 0 Å². The van der Waals surface area contributed by atoms with Gasteiger partial charge in [-0.3, -0.25) is 10.5 Å². The third kappa shape index (κ3) is 5.43. The van der Waals surface area contributed by atoms with Gasteiger partial charge in [-0.15, -0.1) is 0 Å². The van der Waals surface area contributed by atoms with E-state index in [9.17, 15) is 4.79 Å². The van der Waals surface area contributed by atoms with E-state index in [4.69, 9.17) is 5.73 Å². The molecule has 0 aromatic heterocycles. The molecule has 0 bridgehead atoms. The summed E-state index contributed by atoms with van der Waals surface area (Å²) in [5.41, 5.74) is 6.40. The molecule has 1 radical (unpaired) electrons. The number of carbonyl (C=O) groups excluding carboxylic acids is 1. The van der Waals surface area contributed by atoms with Crippen molar-refractivity contribution >= 4 is 5.91 Å². The maximum Gasteiger partial charge on any atom is 0.239 e. The summed E-state index contributed by atoms with van der Waals surface area (Å²) >= 11 is 0. The van der Waals surface area contributed by atoms with E-state index in [-0.39, 0.29) is 0 Å². The number of amides is 1. The fraction of sp³-hybridized carbons (Fsp3) is 0.750. The Hall–Kier alpha value is -0.570. The van der Waals surface area contributed by atoms with Crippen LogP contribution < -0.4 is 11.1 Å². The molecule has 0 spiro atoms. The summed E-state index contributed by atoms with van der Waals surface area (Å²) in [6, 6.07) is 0. The highest BCUT2D eigenvalue weighted by atomic mass is 16.1. The van der Waals surface area contributed by atoms with Crippen LogP contribution in [0.15, 0.2) is 0 Å². The van der Waals surface area contributed by atoms with Crippen LogP contribution in [0.4, 0.5) is 0 Å². The highest BCUT2D eigenvalue weighted by molar-refractivity contribution is 5.73. The molecule has 0 saturated heterocycles. The first-order valence-corrected chi connectivity index (χ1v) is 2.16. The van der Waals surface area contributed by atoms with E-state index in [1.54, 1.807) is 7.05 Å². The molecular weight excluding hydrogens is 92.1 g/mol. The van der Waals surface area contributed by atoms with Gasteiger partial charge in [0.1, 0.15) is 0 Å². The van der Waals surface area contributed by atoms with Crippen LogP contribution in [0, 0.1) is 0 Å². The molecular formula is C4H9N2O. The Morgan fingerprint density at radius 1 is 1.86 bits per heavy atom. The van der Waals surface area contributed by atoms with Gasteiger partial charge in [-0.05, 0) is 7.05 Å². The molecule has 7 heavy (non-hydrogen) atoms. The molecule has 0 aliphatic carbocycles. The molecule has 41 valence electrons. The first-order chi connectivity index (χ1) is 3.27. The Morgan fingerprint density at radius 3 is 2.57 bits per heavy atom. The fourth-order valence-corrected chi connectivity index (χ4v) is 0.239. The van der Waals surface area contributed by atoms with Gasteiger partial charge in [-0.1, -0.05) is 0 Å². The van der Waals surface area contributed by atoms with E-state index < -0.39 is 5.91 Å². The SMILES string of the molecule is CNCCC([NH])=O. The predicted molar refractivity (Wildman–Crippen MR) is 26.6 cm³/mol. The van der Waals surface area contributed by atoms with Crippen molar-refractivity contribution in [1.82, 2.24) is 11.1 Å². The average molecular weight is 101 g/mol. The summed E-state index contributed by atoms with van der Waals surface area (Å²) in [6.07, 6.45) is 0.316. The Morgan fingerprint density at radius 2 is 2.43 bits per heavy atom. The molecule has 0 unspecified atom stereocenters. The highest BCUT2D eigenvalue weighted by Crippen LogP contribution is 1.69. The third-order valence-corrected chi connectivity index (χ3v) is 0.602. The van der Waals surface area contributed by atoms with Crippen molar-refractivity contribution in [2.45, 2.75) is 6.42 Å². The van der Waals surface area contributed by atoms with Gasteiger partial charge in [0.05, 0.1) is 0 Å². The summed E-state index contributed by atoms with van der Waals surface area (Å²) in [6.45, 7) is 0.613.